The lowest BCUT2D eigenvalue weighted by molar-refractivity contribution is -0.127. The van der Waals surface area contributed by atoms with Gasteiger partial charge in [0, 0.05) is 18.0 Å². The molecule has 0 bridgehead atoms. The number of rotatable bonds is 3. The summed E-state index contributed by atoms with van der Waals surface area (Å²) in [6.45, 7) is 1.78. The lowest BCUT2D eigenvalue weighted by Crippen LogP contribution is -2.42. The zero-order valence-corrected chi connectivity index (χ0v) is 8.70. The summed E-state index contributed by atoms with van der Waals surface area (Å²) in [7, 11) is 0. The van der Waals surface area contributed by atoms with Gasteiger partial charge in [0.1, 0.15) is 0 Å². The van der Waals surface area contributed by atoms with E-state index >= 15 is 0 Å². The molecule has 82 valence electrons. The van der Waals surface area contributed by atoms with Gasteiger partial charge in [0.2, 0.25) is 5.91 Å². The average Bonchev–Trinajstić information content (AvgIpc) is 2.17. The van der Waals surface area contributed by atoms with E-state index in [2.05, 4.69) is 5.32 Å². The van der Waals surface area contributed by atoms with Crippen LogP contribution in [0.1, 0.15) is 32.6 Å². The molecule has 0 aromatic heterocycles. The number of carbonyl (C=O) groups excluding carboxylic acids is 1. The van der Waals surface area contributed by atoms with Crippen molar-refractivity contribution in [3.8, 4) is 0 Å². The van der Waals surface area contributed by atoms with Gasteiger partial charge >= 0.3 is 0 Å². The van der Waals surface area contributed by atoms with E-state index < -0.39 is 0 Å². The second-order valence-electron chi connectivity index (χ2n) is 4.22. The van der Waals surface area contributed by atoms with Crippen molar-refractivity contribution in [2.24, 2.45) is 11.7 Å². The maximum absolute atomic E-state index is 11.6. The molecular formula is C10H20N2O2. The van der Waals surface area contributed by atoms with E-state index in [4.69, 9.17) is 10.8 Å². The molecule has 3 atom stereocenters. The number of nitrogens with two attached hydrogens (primary N) is 1. The van der Waals surface area contributed by atoms with Gasteiger partial charge in [-0.15, -0.1) is 0 Å². The van der Waals surface area contributed by atoms with E-state index in [1.807, 2.05) is 0 Å². The summed E-state index contributed by atoms with van der Waals surface area (Å²) >= 11 is 0. The Morgan fingerprint density at radius 3 is 2.93 bits per heavy atom. The first-order valence-electron chi connectivity index (χ1n) is 5.30. The number of aliphatic hydroxyl groups excluding tert-OH is 1. The van der Waals surface area contributed by atoms with E-state index in [0.29, 0.717) is 0 Å². The minimum atomic E-state index is -0.152. The van der Waals surface area contributed by atoms with E-state index in [-0.39, 0.29) is 30.5 Å². The maximum Gasteiger partial charge on any atom is 0.223 e. The predicted octanol–water partition coefficient (Wildman–Crippen LogP) is 0.000900. The van der Waals surface area contributed by atoms with Crippen molar-refractivity contribution in [3.63, 3.8) is 0 Å². The molecule has 1 rings (SSSR count). The van der Waals surface area contributed by atoms with Crippen LogP contribution < -0.4 is 11.1 Å². The van der Waals surface area contributed by atoms with Crippen molar-refractivity contribution >= 4 is 5.91 Å². The van der Waals surface area contributed by atoms with Crippen LogP contribution in [0.15, 0.2) is 0 Å². The van der Waals surface area contributed by atoms with Crippen LogP contribution in [0, 0.1) is 5.92 Å². The Morgan fingerprint density at radius 2 is 2.36 bits per heavy atom. The van der Waals surface area contributed by atoms with Gasteiger partial charge in [0.25, 0.3) is 0 Å². The van der Waals surface area contributed by atoms with Gasteiger partial charge in [-0.25, -0.2) is 0 Å². The topological polar surface area (TPSA) is 75.3 Å². The van der Waals surface area contributed by atoms with Gasteiger partial charge in [0.15, 0.2) is 0 Å². The quantitative estimate of drug-likeness (QED) is 0.600. The minimum absolute atomic E-state index is 0.00941. The molecule has 2 unspecified atom stereocenters. The van der Waals surface area contributed by atoms with Crippen molar-refractivity contribution in [3.05, 3.63) is 0 Å². The van der Waals surface area contributed by atoms with Crippen molar-refractivity contribution in [1.82, 2.24) is 5.32 Å². The highest BCUT2D eigenvalue weighted by Gasteiger charge is 2.25. The highest BCUT2D eigenvalue weighted by atomic mass is 16.3. The summed E-state index contributed by atoms with van der Waals surface area (Å²) in [6.07, 6.45) is 3.77. The van der Waals surface area contributed by atoms with Crippen molar-refractivity contribution in [2.45, 2.75) is 44.7 Å². The largest absolute Gasteiger partial charge is 0.394 e. The highest BCUT2D eigenvalue weighted by molar-refractivity contribution is 5.79. The number of hydrogen-bond acceptors (Lipinski definition) is 3. The number of aliphatic hydroxyl groups is 1. The van der Waals surface area contributed by atoms with Crippen LogP contribution in [0.4, 0.5) is 0 Å². The summed E-state index contributed by atoms with van der Waals surface area (Å²) < 4.78 is 0. The molecule has 0 saturated heterocycles. The lowest BCUT2D eigenvalue weighted by atomic mass is 9.85. The molecule has 1 fully saturated rings. The molecule has 0 aliphatic heterocycles. The molecule has 0 aromatic rings. The van der Waals surface area contributed by atoms with E-state index in [1.54, 1.807) is 6.92 Å². The third-order valence-corrected chi connectivity index (χ3v) is 2.75. The van der Waals surface area contributed by atoms with Crippen LogP contribution in [0.25, 0.3) is 0 Å². The third-order valence-electron chi connectivity index (χ3n) is 2.75. The molecule has 0 aromatic carbocycles. The first-order chi connectivity index (χ1) is 6.63. The van der Waals surface area contributed by atoms with Crippen LogP contribution in [0.3, 0.4) is 0 Å². The molecule has 1 aliphatic rings. The fraction of sp³-hybridized carbons (Fsp3) is 0.900. The fourth-order valence-corrected chi connectivity index (χ4v) is 1.87. The Kier molecular flexibility index (Phi) is 4.35. The van der Waals surface area contributed by atoms with E-state index in [0.717, 1.165) is 25.7 Å². The standard InChI is InChI=1S/C10H20N2O2/c1-7(6-13)12-10(14)8-3-2-4-9(11)5-8/h7-9,13H,2-6,11H2,1H3,(H,12,14)/t7-,8?,9?/m1/s1. The molecule has 1 amide bonds. The molecule has 1 aliphatic carbocycles. The summed E-state index contributed by atoms with van der Waals surface area (Å²) in [5.74, 6) is 0.0921. The van der Waals surface area contributed by atoms with E-state index in [9.17, 15) is 4.79 Å². The molecule has 0 radical (unpaired) electrons. The average molecular weight is 200 g/mol. The molecule has 0 spiro atoms. The smallest absolute Gasteiger partial charge is 0.223 e. The van der Waals surface area contributed by atoms with Crippen LogP contribution in [-0.2, 0) is 4.79 Å². The number of carbonyl (C=O) groups is 1. The molecule has 14 heavy (non-hydrogen) atoms. The van der Waals surface area contributed by atoms with Crippen molar-refractivity contribution in [1.29, 1.82) is 0 Å². The van der Waals surface area contributed by atoms with Gasteiger partial charge in [-0.2, -0.15) is 0 Å². The number of hydrogen-bond donors (Lipinski definition) is 3. The Hall–Kier alpha value is -0.610. The Bertz CT molecular complexity index is 197. The predicted molar refractivity (Wildman–Crippen MR) is 54.6 cm³/mol. The SMILES string of the molecule is C[C@H](CO)NC(=O)C1CCCC(N)C1. The van der Waals surface area contributed by atoms with Crippen LogP contribution >= 0.6 is 0 Å². The second kappa shape index (κ2) is 5.32. The summed E-state index contributed by atoms with van der Waals surface area (Å²) in [5, 5.41) is 11.6. The van der Waals surface area contributed by atoms with Crippen molar-refractivity contribution in [2.75, 3.05) is 6.61 Å². The van der Waals surface area contributed by atoms with Gasteiger partial charge in [-0.05, 0) is 26.2 Å². The maximum atomic E-state index is 11.6. The molecule has 1 saturated carbocycles. The van der Waals surface area contributed by atoms with Crippen LogP contribution in [0.2, 0.25) is 0 Å². The third kappa shape index (κ3) is 3.27. The van der Waals surface area contributed by atoms with Gasteiger partial charge in [0.05, 0.1) is 6.61 Å². The molecule has 4 N–H and O–H groups in total. The van der Waals surface area contributed by atoms with Gasteiger partial charge < -0.3 is 16.2 Å². The monoisotopic (exact) mass is 200 g/mol. The zero-order valence-electron chi connectivity index (χ0n) is 8.70. The normalized spacial score (nSPS) is 29.6. The summed E-state index contributed by atoms with van der Waals surface area (Å²) in [5.41, 5.74) is 5.80. The highest BCUT2D eigenvalue weighted by Crippen LogP contribution is 2.23. The summed E-state index contributed by atoms with van der Waals surface area (Å²) in [4.78, 5) is 11.6. The van der Waals surface area contributed by atoms with Crippen LogP contribution in [0.5, 0.6) is 0 Å². The fourth-order valence-electron chi connectivity index (χ4n) is 1.87. The summed E-state index contributed by atoms with van der Waals surface area (Å²) in [6, 6.07) is 0.0181. The molecule has 4 nitrogen and oxygen atoms in total. The Balaban J connectivity index is 2.36. The molecule has 0 heterocycles. The second-order valence-corrected chi connectivity index (χ2v) is 4.22. The Morgan fingerprint density at radius 1 is 1.64 bits per heavy atom. The Labute approximate surface area is 84.9 Å². The van der Waals surface area contributed by atoms with Crippen molar-refractivity contribution < 1.29 is 9.90 Å². The number of amides is 1. The zero-order chi connectivity index (χ0) is 10.6. The van der Waals surface area contributed by atoms with E-state index in [1.165, 1.54) is 0 Å². The molecule has 4 heteroatoms. The first-order valence-corrected chi connectivity index (χ1v) is 5.30. The van der Waals surface area contributed by atoms with Gasteiger partial charge in [-0.1, -0.05) is 6.42 Å². The molecular weight excluding hydrogens is 180 g/mol. The van der Waals surface area contributed by atoms with Crippen LogP contribution in [-0.4, -0.2) is 29.7 Å². The lowest BCUT2D eigenvalue weighted by Gasteiger charge is -2.26. The first kappa shape index (κ1) is 11.5. The number of nitrogens with one attached hydrogen (secondary N) is 1. The minimum Gasteiger partial charge on any atom is -0.394 e. The van der Waals surface area contributed by atoms with Gasteiger partial charge in [-0.3, -0.25) is 4.79 Å².